The molecule has 0 fully saturated rings. The lowest BCUT2D eigenvalue weighted by Gasteiger charge is -2.31. The minimum Gasteiger partial charge on any atom is -0.465 e. The molecule has 0 amide bonds. The lowest BCUT2D eigenvalue weighted by atomic mass is 9.80. The van der Waals surface area contributed by atoms with Gasteiger partial charge in [0.15, 0.2) is 0 Å². The molecule has 5 nitrogen and oxygen atoms in total. The number of ether oxygens (including phenoxy) is 2. The molecule has 0 aromatic heterocycles. The topological polar surface area (TPSA) is 50.8 Å². The summed E-state index contributed by atoms with van der Waals surface area (Å²) in [6.45, 7) is 5.89. The highest BCUT2D eigenvalue weighted by Gasteiger charge is 2.33. The molecule has 0 aliphatic carbocycles. The quantitative estimate of drug-likeness (QED) is 0.208. The maximum absolute atomic E-state index is 13.0. The second-order valence-corrected chi connectivity index (χ2v) is 9.46. The summed E-state index contributed by atoms with van der Waals surface area (Å²) in [6.07, 6.45) is -4.40. The maximum atomic E-state index is 13.0. The summed E-state index contributed by atoms with van der Waals surface area (Å²) in [5, 5.41) is 3.20. The van der Waals surface area contributed by atoms with Crippen LogP contribution in [0.2, 0.25) is 0 Å². The van der Waals surface area contributed by atoms with E-state index in [-0.39, 0.29) is 5.92 Å². The highest BCUT2D eigenvalue weighted by molar-refractivity contribution is 5.92. The van der Waals surface area contributed by atoms with Gasteiger partial charge in [-0.3, -0.25) is 0 Å². The van der Waals surface area contributed by atoms with Crippen molar-refractivity contribution in [3.63, 3.8) is 0 Å². The van der Waals surface area contributed by atoms with Crippen LogP contribution >= 0.6 is 0 Å². The van der Waals surface area contributed by atoms with Gasteiger partial charge in [-0.1, -0.05) is 24.3 Å². The number of fused-ring (bicyclic) bond motifs is 2. The Morgan fingerprint density at radius 3 is 2.23 bits per heavy atom. The number of carbonyl (C=O) groups is 1. The Labute approximate surface area is 231 Å². The van der Waals surface area contributed by atoms with E-state index in [4.69, 9.17) is 9.47 Å². The standard InChI is InChI=1S/C32H29F3N2O3/c1-4-37(5-2)23-15-16-26-29(19-23)40-28-17-14-22(36-21-12-10-20(11-13-21)32(33,34)35)18-27(28)30(26)24-8-6-7-9-25(24)31(38)39-3/h6-19,30,36H,4-5H2,1-3H3. The first-order valence-electron chi connectivity index (χ1n) is 13.1. The number of carbonyl (C=O) groups excluding carboxylic acids is 1. The normalized spacial score (nSPS) is 14.0. The van der Waals surface area contributed by atoms with Gasteiger partial charge in [0.25, 0.3) is 0 Å². The predicted molar refractivity (Wildman–Crippen MR) is 150 cm³/mol. The molecule has 0 bridgehead atoms. The number of nitrogens with one attached hydrogen (secondary N) is 1. The number of hydrogen-bond acceptors (Lipinski definition) is 5. The molecule has 1 atom stereocenters. The van der Waals surface area contributed by atoms with Crippen molar-refractivity contribution in [2.24, 2.45) is 0 Å². The molecule has 0 saturated heterocycles. The number of esters is 1. The van der Waals surface area contributed by atoms with Crippen LogP contribution in [0.1, 0.15) is 52.4 Å². The van der Waals surface area contributed by atoms with Crippen LogP contribution in [-0.4, -0.2) is 26.2 Å². The third kappa shape index (κ3) is 5.21. The average Bonchev–Trinajstić information content (AvgIpc) is 2.96. The van der Waals surface area contributed by atoms with E-state index in [9.17, 15) is 18.0 Å². The molecule has 4 aromatic carbocycles. The van der Waals surface area contributed by atoms with Gasteiger partial charge in [-0.25, -0.2) is 4.79 Å². The number of alkyl halides is 3. The summed E-state index contributed by atoms with van der Waals surface area (Å²) >= 11 is 0. The molecule has 8 heteroatoms. The van der Waals surface area contributed by atoms with Crippen LogP contribution in [0.4, 0.5) is 30.2 Å². The van der Waals surface area contributed by atoms with Crippen LogP contribution in [0.15, 0.2) is 84.9 Å². The van der Waals surface area contributed by atoms with Crippen LogP contribution in [0.5, 0.6) is 11.5 Å². The van der Waals surface area contributed by atoms with Crippen molar-refractivity contribution >= 4 is 23.0 Å². The van der Waals surface area contributed by atoms with Gasteiger partial charge in [-0.15, -0.1) is 0 Å². The van der Waals surface area contributed by atoms with Crippen LogP contribution < -0.4 is 15.0 Å². The van der Waals surface area contributed by atoms with Crippen molar-refractivity contribution < 1.29 is 27.4 Å². The van der Waals surface area contributed by atoms with Crippen molar-refractivity contribution in [3.05, 3.63) is 113 Å². The molecule has 206 valence electrons. The summed E-state index contributed by atoms with van der Waals surface area (Å²) in [7, 11) is 1.35. The molecule has 40 heavy (non-hydrogen) atoms. The number of benzene rings is 4. The number of rotatable bonds is 7. The van der Waals surface area contributed by atoms with Gasteiger partial charge in [0.05, 0.1) is 18.2 Å². The Bertz CT molecular complexity index is 1530. The lowest BCUT2D eigenvalue weighted by molar-refractivity contribution is -0.137. The molecule has 5 rings (SSSR count). The summed E-state index contributed by atoms with van der Waals surface area (Å²) < 4.78 is 50.5. The van der Waals surface area contributed by atoms with Crippen LogP contribution in [0.3, 0.4) is 0 Å². The van der Waals surface area contributed by atoms with Gasteiger partial charge in [0.1, 0.15) is 11.5 Å². The number of hydrogen-bond donors (Lipinski definition) is 1. The van der Waals surface area contributed by atoms with Crippen LogP contribution in [-0.2, 0) is 10.9 Å². The Morgan fingerprint density at radius 2 is 1.55 bits per heavy atom. The van der Waals surface area contributed by atoms with Crippen molar-refractivity contribution in [3.8, 4) is 11.5 Å². The predicted octanol–water partition coefficient (Wildman–Crippen LogP) is 8.37. The molecule has 1 aliphatic heterocycles. The molecular weight excluding hydrogens is 517 g/mol. The minimum absolute atomic E-state index is 0.353. The second kappa shape index (κ2) is 11.0. The van der Waals surface area contributed by atoms with E-state index >= 15 is 0 Å². The van der Waals surface area contributed by atoms with E-state index in [1.54, 1.807) is 12.1 Å². The number of methoxy groups -OCH3 is 1. The Morgan fingerprint density at radius 1 is 0.850 bits per heavy atom. The SMILES string of the molecule is CCN(CC)c1ccc2c(c1)Oc1ccc(Nc3ccc(C(F)(F)F)cc3)cc1C2c1ccccc1C(=O)OC. The molecule has 1 aliphatic rings. The van der Waals surface area contributed by atoms with E-state index in [1.165, 1.54) is 19.2 Å². The molecule has 0 spiro atoms. The lowest BCUT2D eigenvalue weighted by Crippen LogP contribution is -2.22. The Balaban J connectivity index is 1.60. The zero-order valence-electron chi connectivity index (χ0n) is 22.4. The molecule has 1 heterocycles. The van der Waals surface area contributed by atoms with E-state index in [2.05, 4.69) is 30.1 Å². The second-order valence-electron chi connectivity index (χ2n) is 9.46. The highest BCUT2D eigenvalue weighted by atomic mass is 19.4. The fraction of sp³-hybridized carbons (Fsp3) is 0.219. The molecule has 0 saturated carbocycles. The van der Waals surface area contributed by atoms with Gasteiger partial charge in [-0.05, 0) is 74.0 Å². The minimum atomic E-state index is -4.40. The first kappa shape index (κ1) is 27.1. The molecule has 0 radical (unpaired) electrons. The number of anilines is 3. The van der Waals surface area contributed by atoms with Crippen molar-refractivity contribution in [2.45, 2.75) is 25.9 Å². The zero-order chi connectivity index (χ0) is 28.4. The van der Waals surface area contributed by atoms with Crippen molar-refractivity contribution in [1.82, 2.24) is 0 Å². The van der Waals surface area contributed by atoms with Gasteiger partial charge < -0.3 is 19.7 Å². The number of nitrogens with zero attached hydrogens (tertiary/aromatic N) is 1. The van der Waals surface area contributed by atoms with E-state index in [0.29, 0.717) is 28.4 Å². The van der Waals surface area contributed by atoms with Gasteiger partial charge in [0.2, 0.25) is 0 Å². The van der Waals surface area contributed by atoms with Crippen LogP contribution in [0.25, 0.3) is 0 Å². The first-order chi connectivity index (χ1) is 19.2. The number of halogens is 3. The molecule has 4 aromatic rings. The summed E-state index contributed by atoms with van der Waals surface area (Å²) in [6, 6.07) is 23.9. The van der Waals surface area contributed by atoms with Crippen molar-refractivity contribution in [2.75, 3.05) is 30.4 Å². The maximum Gasteiger partial charge on any atom is 0.416 e. The molecule has 1 unspecified atom stereocenters. The smallest absolute Gasteiger partial charge is 0.416 e. The highest BCUT2D eigenvalue weighted by Crippen LogP contribution is 2.50. The van der Waals surface area contributed by atoms with Crippen LogP contribution in [0, 0.1) is 0 Å². The fourth-order valence-electron chi connectivity index (χ4n) is 5.15. The van der Waals surface area contributed by atoms with Crippen molar-refractivity contribution in [1.29, 1.82) is 0 Å². The summed E-state index contributed by atoms with van der Waals surface area (Å²) in [5.41, 5.74) is 4.43. The third-order valence-electron chi connectivity index (χ3n) is 7.16. The zero-order valence-corrected chi connectivity index (χ0v) is 22.4. The van der Waals surface area contributed by atoms with Gasteiger partial charge >= 0.3 is 12.1 Å². The fourth-order valence-corrected chi connectivity index (χ4v) is 5.15. The summed E-state index contributed by atoms with van der Waals surface area (Å²) in [4.78, 5) is 15.0. The average molecular weight is 547 g/mol. The van der Waals surface area contributed by atoms with Gasteiger partial charge in [0, 0.05) is 53.3 Å². The first-order valence-corrected chi connectivity index (χ1v) is 13.1. The van der Waals surface area contributed by atoms with E-state index in [0.717, 1.165) is 47.6 Å². The van der Waals surface area contributed by atoms with E-state index < -0.39 is 17.7 Å². The van der Waals surface area contributed by atoms with Gasteiger partial charge in [-0.2, -0.15) is 13.2 Å². The molecule has 1 N–H and O–H groups in total. The Hall–Kier alpha value is -4.46. The van der Waals surface area contributed by atoms with E-state index in [1.807, 2.05) is 42.5 Å². The summed E-state index contributed by atoms with van der Waals surface area (Å²) in [5.74, 6) is 0.537. The monoisotopic (exact) mass is 546 g/mol. The largest absolute Gasteiger partial charge is 0.465 e. The Kier molecular flexibility index (Phi) is 7.43. The third-order valence-corrected chi connectivity index (χ3v) is 7.16. The molecular formula is C32H29F3N2O3.